The van der Waals surface area contributed by atoms with Gasteiger partial charge in [-0.1, -0.05) is 6.07 Å². The van der Waals surface area contributed by atoms with Crippen molar-refractivity contribution in [1.82, 2.24) is 19.3 Å². The number of quaternary nitrogens is 1. The third-order valence-corrected chi connectivity index (χ3v) is 5.80. The van der Waals surface area contributed by atoms with Crippen molar-refractivity contribution in [2.45, 2.75) is 46.6 Å². The summed E-state index contributed by atoms with van der Waals surface area (Å²) >= 11 is 0. The standard InChI is InChI=1S/C22H31N5O2/c1-6-26(7-2)12-9-11-16(4)23-21(28)18-14-17-20(25(18)5)24-19-15(3)10-8-13-27(19)22(17)29/h8,10,13-14,16H,6-7,9,11-12H2,1-5H3,(H,23,28)/p+1/t16-/m0/s1. The van der Waals surface area contributed by atoms with E-state index in [-0.39, 0.29) is 17.5 Å². The maximum atomic E-state index is 12.9. The van der Waals surface area contributed by atoms with E-state index in [4.69, 9.17) is 0 Å². The second-order valence-corrected chi connectivity index (χ2v) is 7.85. The average molecular weight is 399 g/mol. The molecule has 3 aromatic heterocycles. The summed E-state index contributed by atoms with van der Waals surface area (Å²) in [6.45, 7) is 11.7. The molecule has 3 heterocycles. The molecule has 2 N–H and O–H groups in total. The van der Waals surface area contributed by atoms with Crippen molar-refractivity contribution in [3.63, 3.8) is 0 Å². The summed E-state index contributed by atoms with van der Waals surface area (Å²) in [4.78, 5) is 32.0. The zero-order valence-corrected chi connectivity index (χ0v) is 18.1. The average Bonchev–Trinajstić information content (AvgIpc) is 3.03. The number of carbonyl (C=O) groups is 1. The number of hydrogen-bond donors (Lipinski definition) is 2. The Bertz CT molecular complexity index is 1080. The lowest BCUT2D eigenvalue weighted by Crippen LogP contribution is -3.11. The van der Waals surface area contributed by atoms with Crippen molar-refractivity contribution in [1.29, 1.82) is 0 Å². The monoisotopic (exact) mass is 398 g/mol. The first-order valence-corrected chi connectivity index (χ1v) is 10.5. The number of rotatable bonds is 8. The van der Waals surface area contributed by atoms with E-state index >= 15 is 0 Å². The maximum Gasteiger partial charge on any atom is 0.268 e. The number of hydrogen-bond acceptors (Lipinski definition) is 3. The topological polar surface area (TPSA) is 72.8 Å². The smallest absolute Gasteiger partial charge is 0.268 e. The van der Waals surface area contributed by atoms with Crippen LogP contribution < -0.4 is 15.8 Å². The van der Waals surface area contributed by atoms with Crippen LogP contribution in [-0.2, 0) is 7.05 Å². The number of aromatic nitrogens is 3. The molecule has 0 radical (unpaired) electrons. The van der Waals surface area contributed by atoms with Crippen LogP contribution in [0.25, 0.3) is 16.7 Å². The van der Waals surface area contributed by atoms with Crippen LogP contribution in [0.3, 0.4) is 0 Å². The van der Waals surface area contributed by atoms with E-state index in [1.807, 2.05) is 26.0 Å². The summed E-state index contributed by atoms with van der Waals surface area (Å²) in [5.74, 6) is -0.168. The van der Waals surface area contributed by atoms with Crippen LogP contribution in [0.1, 0.15) is 49.7 Å². The van der Waals surface area contributed by atoms with E-state index in [1.54, 1.807) is 28.8 Å². The molecule has 29 heavy (non-hydrogen) atoms. The normalized spacial score (nSPS) is 12.8. The van der Waals surface area contributed by atoms with Gasteiger partial charge in [0.25, 0.3) is 11.5 Å². The lowest BCUT2D eigenvalue weighted by atomic mass is 10.1. The fraction of sp³-hybridized carbons (Fsp3) is 0.500. The molecule has 0 unspecified atom stereocenters. The van der Waals surface area contributed by atoms with Gasteiger partial charge in [0.05, 0.1) is 25.0 Å². The Morgan fingerprint density at radius 3 is 2.69 bits per heavy atom. The first-order chi connectivity index (χ1) is 13.9. The Hall–Kier alpha value is -2.67. The summed E-state index contributed by atoms with van der Waals surface area (Å²) in [6.07, 6.45) is 3.72. The van der Waals surface area contributed by atoms with Crippen LogP contribution in [-0.4, -0.2) is 45.5 Å². The number of carbonyl (C=O) groups excluding carboxylic acids is 1. The molecule has 7 heteroatoms. The molecule has 0 spiro atoms. The Balaban J connectivity index is 1.81. The van der Waals surface area contributed by atoms with Crippen LogP contribution in [0.5, 0.6) is 0 Å². The molecule has 3 rings (SSSR count). The summed E-state index contributed by atoms with van der Waals surface area (Å²) in [5, 5.41) is 3.53. The van der Waals surface area contributed by atoms with Gasteiger partial charge in [-0.05, 0) is 58.2 Å². The summed E-state index contributed by atoms with van der Waals surface area (Å²) in [7, 11) is 1.78. The molecule has 3 aromatic rings. The van der Waals surface area contributed by atoms with Crippen molar-refractivity contribution >= 4 is 22.6 Å². The third-order valence-electron chi connectivity index (χ3n) is 5.80. The zero-order valence-electron chi connectivity index (χ0n) is 18.1. The van der Waals surface area contributed by atoms with Gasteiger partial charge in [0.2, 0.25) is 0 Å². The fourth-order valence-electron chi connectivity index (χ4n) is 3.88. The highest BCUT2D eigenvalue weighted by molar-refractivity contribution is 5.98. The van der Waals surface area contributed by atoms with Crippen LogP contribution in [0.2, 0.25) is 0 Å². The van der Waals surface area contributed by atoms with E-state index in [9.17, 15) is 9.59 Å². The summed E-state index contributed by atoms with van der Waals surface area (Å²) < 4.78 is 3.25. The molecule has 0 aliphatic rings. The van der Waals surface area contributed by atoms with Crippen molar-refractivity contribution in [3.8, 4) is 0 Å². The van der Waals surface area contributed by atoms with E-state index < -0.39 is 0 Å². The lowest BCUT2D eigenvalue weighted by Gasteiger charge is -2.18. The summed E-state index contributed by atoms with van der Waals surface area (Å²) in [6, 6.07) is 5.48. The minimum absolute atomic E-state index is 0.0749. The minimum atomic E-state index is -0.168. The predicted octanol–water partition coefficient (Wildman–Crippen LogP) is 1.32. The molecule has 0 aliphatic carbocycles. The maximum absolute atomic E-state index is 12.9. The Morgan fingerprint density at radius 2 is 2.00 bits per heavy atom. The largest absolute Gasteiger partial charge is 0.348 e. The second-order valence-electron chi connectivity index (χ2n) is 7.85. The molecule has 1 atom stereocenters. The second kappa shape index (κ2) is 8.78. The number of amides is 1. The lowest BCUT2D eigenvalue weighted by molar-refractivity contribution is -0.896. The van der Waals surface area contributed by atoms with Gasteiger partial charge in [-0.25, -0.2) is 4.98 Å². The first-order valence-electron chi connectivity index (χ1n) is 10.5. The molecular formula is C22H32N5O2+. The van der Waals surface area contributed by atoms with Gasteiger partial charge in [-0.2, -0.15) is 0 Å². The number of nitrogens with zero attached hydrogens (tertiary/aromatic N) is 3. The number of aryl methyl sites for hydroxylation is 2. The van der Waals surface area contributed by atoms with Crippen molar-refractivity contribution in [3.05, 3.63) is 46.0 Å². The van der Waals surface area contributed by atoms with Crippen LogP contribution in [0, 0.1) is 6.92 Å². The van der Waals surface area contributed by atoms with Gasteiger partial charge in [0.1, 0.15) is 17.0 Å². The molecule has 0 saturated heterocycles. The Morgan fingerprint density at radius 1 is 1.28 bits per heavy atom. The van der Waals surface area contributed by atoms with E-state index in [0.717, 1.165) is 38.0 Å². The van der Waals surface area contributed by atoms with Crippen molar-refractivity contribution < 1.29 is 9.69 Å². The molecule has 0 aromatic carbocycles. The van der Waals surface area contributed by atoms with Gasteiger partial charge >= 0.3 is 0 Å². The minimum Gasteiger partial charge on any atom is -0.348 e. The van der Waals surface area contributed by atoms with Gasteiger partial charge in [0.15, 0.2) is 0 Å². The molecule has 0 aliphatic heterocycles. The van der Waals surface area contributed by atoms with Gasteiger partial charge in [-0.3, -0.25) is 14.0 Å². The van der Waals surface area contributed by atoms with Crippen LogP contribution >= 0.6 is 0 Å². The molecule has 0 bridgehead atoms. The molecule has 1 amide bonds. The number of nitrogens with one attached hydrogen (secondary N) is 2. The van der Waals surface area contributed by atoms with E-state index in [0.29, 0.717) is 22.4 Å². The highest BCUT2D eigenvalue weighted by atomic mass is 16.2. The zero-order chi connectivity index (χ0) is 21.1. The van der Waals surface area contributed by atoms with Gasteiger partial charge < -0.3 is 14.8 Å². The van der Waals surface area contributed by atoms with Crippen molar-refractivity contribution in [2.75, 3.05) is 19.6 Å². The Labute approximate surface area is 171 Å². The van der Waals surface area contributed by atoms with E-state index in [2.05, 4.69) is 24.1 Å². The number of pyridine rings is 1. The third kappa shape index (κ3) is 4.19. The molecule has 0 fully saturated rings. The highest BCUT2D eigenvalue weighted by Gasteiger charge is 2.19. The molecule has 0 saturated carbocycles. The molecule has 7 nitrogen and oxygen atoms in total. The predicted molar refractivity (Wildman–Crippen MR) is 116 cm³/mol. The fourth-order valence-corrected chi connectivity index (χ4v) is 3.88. The van der Waals surface area contributed by atoms with Crippen LogP contribution in [0.4, 0.5) is 0 Å². The molecule has 156 valence electrons. The SMILES string of the molecule is CC[NH+](CC)CCC[C@H](C)NC(=O)c1cc2c(=O)n3cccc(C)c3nc2n1C. The van der Waals surface area contributed by atoms with Gasteiger partial charge in [0, 0.05) is 19.3 Å². The Kier molecular flexibility index (Phi) is 6.37. The first kappa shape index (κ1) is 21.0. The van der Waals surface area contributed by atoms with E-state index in [1.165, 1.54) is 4.40 Å². The van der Waals surface area contributed by atoms with Crippen molar-refractivity contribution in [2.24, 2.45) is 7.05 Å². The van der Waals surface area contributed by atoms with Gasteiger partial charge in [-0.15, -0.1) is 0 Å². The summed E-state index contributed by atoms with van der Waals surface area (Å²) in [5.41, 5.74) is 2.37. The quantitative estimate of drug-likeness (QED) is 0.601. The molecular weight excluding hydrogens is 366 g/mol. The highest BCUT2D eigenvalue weighted by Crippen LogP contribution is 2.16. The van der Waals surface area contributed by atoms with Crippen LogP contribution in [0.15, 0.2) is 29.2 Å². The number of fused-ring (bicyclic) bond motifs is 2.